The predicted octanol–water partition coefficient (Wildman–Crippen LogP) is 3.25. The van der Waals surface area contributed by atoms with Crippen LogP contribution in [-0.2, 0) is 9.59 Å². The van der Waals surface area contributed by atoms with Gasteiger partial charge in [0.1, 0.15) is 0 Å². The Morgan fingerprint density at radius 1 is 1.12 bits per heavy atom. The van der Waals surface area contributed by atoms with Crippen LogP contribution < -0.4 is 0 Å². The molecule has 1 aromatic carbocycles. The molecule has 0 N–H and O–H groups in total. The molecule has 5 heteroatoms. The van der Waals surface area contributed by atoms with Gasteiger partial charge in [0.2, 0.25) is 11.8 Å². The molecule has 2 heterocycles. The maximum absolute atomic E-state index is 12.5. The first-order valence-electron chi connectivity index (χ1n) is 8.99. The van der Waals surface area contributed by atoms with Gasteiger partial charge in [0.15, 0.2) is 0 Å². The number of carbonyl (C=O) groups excluding carboxylic acids is 2. The van der Waals surface area contributed by atoms with Crippen LogP contribution in [0.5, 0.6) is 0 Å². The standard InChI is InChI=1S/C20H26N2O2S/c1-16(2)19(24)22-14-15-25-20(22)10-12-21(13-11-20)18(23)9-8-17-6-4-3-5-7-17/h3-9,16H,10-15H2,1-2H3/b9-8+. The number of hydrogen-bond acceptors (Lipinski definition) is 3. The normalized spacial score (nSPS) is 20.0. The van der Waals surface area contributed by atoms with Crippen LogP contribution in [0.1, 0.15) is 32.3 Å². The van der Waals surface area contributed by atoms with E-state index in [0.717, 1.165) is 30.7 Å². The monoisotopic (exact) mass is 358 g/mol. The summed E-state index contributed by atoms with van der Waals surface area (Å²) in [5, 5.41) is 0. The summed E-state index contributed by atoms with van der Waals surface area (Å²) in [6.07, 6.45) is 5.25. The van der Waals surface area contributed by atoms with Crippen molar-refractivity contribution in [2.24, 2.45) is 5.92 Å². The van der Waals surface area contributed by atoms with Crippen LogP contribution >= 0.6 is 11.8 Å². The van der Waals surface area contributed by atoms with E-state index in [1.165, 1.54) is 0 Å². The second kappa shape index (κ2) is 7.65. The molecule has 0 atom stereocenters. The van der Waals surface area contributed by atoms with Crippen LogP contribution in [-0.4, -0.2) is 51.9 Å². The minimum absolute atomic E-state index is 0.0315. The van der Waals surface area contributed by atoms with Crippen LogP contribution in [0.2, 0.25) is 0 Å². The van der Waals surface area contributed by atoms with E-state index >= 15 is 0 Å². The van der Waals surface area contributed by atoms with Gasteiger partial charge in [0, 0.05) is 37.4 Å². The lowest BCUT2D eigenvalue weighted by Gasteiger charge is -2.44. The van der Waals surface area contributed by atoms with Gasteiger partial charge in [-0.2, -0.15) is 0 Å². The van der Waals surface area contributed by atoms with Gasteiger partial charge >= 0.3 is 0 Å². The minimum atomic E-state index is -0.0960. The van der Waals surface area contributed by atoms with Gasteiger partial charge in [-0.15, -0.1) is 11.8 Å². The molecule has 1 aromatic rings. The molecule has 3 rings (SSSR count). The first kappa shape index (κ1) is 18.1. The Bertz CT molecular complexity index is 649. The third-order valence-electron chi connectivity index (χ3n) is 5.01. The first-order chi connectivity index (χ1) is 12.0. The van der Waals surface area contributed by atoms with Crippen molar-refractivity contribution in [3.8, 4) is 0 Å². The van der Waals surface area contributed by atoms with Crippen molar-refractivity contribution in [2.75, 3.05) is 25.4 Å². The van der Waals surface area contributed by atoms with Crippen LogP contribution in [0.25, 0.3) is 6.08 Å². The number of rotatable bonds is 3. The number of piperidine rings is 1. The molecule has 4 nitrogen and oxygen atoms in total. The molecule has 0 bridgehead atoms. The Hall–Kier alpha value is -1.75. The molecule has 0 unspecified atom stereocenters. The summed E-state index contributed by atoms with van der Waals surface area (Å²) in [6, 6.07) is 9.87. The highest BCUT2D eigenvalue weighted by Crippen LogP contribution is 2.44. The molecule has 0 aliphatic carbocycles. The Labute approximate surface area is 154 Å². The number of benzene rings is 1. The predicted molar refractivity (Wildman–Crippen MR) is 103 cm³/mol. The van der Waals surface area contributed by atoms with Crippen LogP contribution in [0.3, 0.4) is 0 Å². The lowest BCUT2D eigenvalue weighted by molar-refractivity contribution is -0.138. The zero-order chi connectivity index (χ0) is 17.9. The number of carbonyl (C=O) groups is 2. The number of hydrogen-bond donors (Lipinski definition) is 0. The lowest BCUT2D eigenvalue weighted by Crippen LogP contribution is -2.54. The van der Waals surface area contributed by atoms with E-state index in [1.807, 2.05) is 66.9 Å². The van der Waals surface area contributed by atoms with Crippen molar-refractivity contribution in [2.45, 2.75) is 31.6 Å². The molecular weight excluding hydrogens is 332 g/mol. The van der Waals surface area contributed by atoms with Crippen LogP contribution in [0.15, 0.2) is 36.4 Å². The van der Waals surface area contributed by atoms with Crippen LogP contribution in [0, 0.1) is 5.92 Å². The molecule has 2 fully saturated rings. The fourth-order valence-corrected chi connectivity index (χ4v) is 5.02. The van der Waals surface area contributed by atoms with E-state index < -0.39 is 0 Å². The van der Waals surface area contributed by atoms with Crippen molar-refractivity contribution in [3.05, 3.63) is 42.0 Å². The van der Waals surface area contributed by atoms with E-state index in [0.29, 0.717) is 13.1 Å². The van der Waals surface area contributed by atoms with Gasteiger partial charge in [-0.3, -0.25) is 9.59 Å². The fraction of sp³-hybridized carbons (Fsp3) is 0.500. The summed E-state index contributed by atoms with van der Waals surface area (Å²) in [7, 11) is 0. The van der Waals surface area contributed by atoms with E-state index in [2.05, 4.69) is 4.90 Å². The molecule has 1 spiro atoms. The third kappa shape index (κ3) is 3.92. The SMILES string of the molecule is CC(C)C(=O)N1CCSC12CCN(C(=O)/C=C/c1ccccc1)CC2. The van der Waals surface area contributed by atoms with Gasteiger partial charge in [-0.05, 0) is 24.5 Å². The third-order valence-corrected chi connectivity index (χ3v) is 6.56. The molecular formula is C20H26N2O2S. The zero-order valence-electron chi connectivity index (χ0n) is 15.0. The number of thioether (sulfide) groups is 1. The Morgan fingerprint density at radius 3 is 2.44 bits per heavy atom. The van der Waals surface area contributed by atoms with Gasteiger partial charge in [0.25, 0.3) is 0 Å². The van der Waals surface area contributed by atoms with E-state index in [1.54, 1.807) is 6.08 Å². The minimum Gasteiger partial charge on any atom is -0.339 e. The maximum Gasteiger partial charge on any atom is 0.246 e. The molecule has 2 amide bonds. The first-order valence-corrected chi connectivity index (χ1v) is 9.98. The summed E-state index contributed by atoms with van der Waals surface area (Å²) < 4.78 is 0. The van der Waals surface area contributed by atoms with Gasteiger partial charge in [0.05, 0.1) is 4.87 Å². The van der Waals surface area contributed by atoms with Crippen molar-refractivity contribution in [3.63, 3.8) is 0 Å². The highest BCUT2D eigenvalue weighted by molar-refractivity contribution is 8.00. The van der Waals surface area contributed by atoms with Crippen molar-refractivity contribution >= 4 is 29.7 Å². The van der Waals surface area contributed by atoms with Crippen molar-refractivity contribution < 1.29 is 9.59 Å². The molecule has 2 aliphatic rings. The Balaban J connectivity index is 1.60. The summed E-state index contributed by atoms with van der Waals surface area (Å²) in [6.45, 7) is 6.20. The second-order valence-corrected chi connectivity index (χ2v) is 8.47. The molecule has 25 heavy (non-hydrogen) atoms. The Kier molecular flexibility index (Phi) is 5.52. The van der Waals surface area contributed by atoms with Crippen LogP contribution in [0.4, 0.5) is 0 Å². The average Bonchev–Trinajstić information content (AvgIpc) is 3.03. The van der Waals surface area contributed by atoms with Crippen molar-refractivity contribution in [1.82, 2.24) is 9.80 Å². The highest BCUT2D eigenvalue weighted by atomic mass is 32.2. The molecule has 0 aromatic heterocycles. The Morgan fingerprint density at radius 2 is 1.80 bits per heavy atom. The molecule has 0 radical (unpaired) electrons. The summed E-state index contributed by atoms with van der Waals surface area (Å²) >= 11 is 1.89. The zero-order valence-corrected chi connectivity index (χ0v) is 15.8. The average molecular weight is 359 g/mol. The molecule has 2 aliphatic heterocycles. The molecule has 0 saturated carbocycles. The van der Waals surface area contributed by atoms with Gasteiger partial charge in [-0.1, -0.05) is 44.2 Å². The van der Waals surface area contributed by atoms with E-state index in [9.17, 15) is 9.59 Å². The second-order valence-electron chi connectivity index (χ2n) is 7.01. The largest absolute Gasteiger partial charge is 0.339 e. The fourth-order valence-electron chi connectivity index (χ4n) is 3.56. The number of nitrogens with zero attached hydrogens (tertiary/aromatic N) is 2. The lowest BCUT2D eigenvalue weighted by atomic mass is 10.00. The van der Waals surface area contributed by atoms with E-state index in [4.69, 9.17) is 0 Å². The topological polar surface area (TPSA) is 40.6 Å². The summed E-state index contributed by atoms with van der Waals surface area (Å²) in [5.74, 6) is 1.33. The summed E-state index contributed by atoms with van der Waals surface area (Å²) in [5.41, 5.74) is 1.03. The van der Waals surface area contributed by atoms with Crippen molar-refractivity contribution in [1.29, 1.82) is 0 Å². The smallest absolute Gasteiger partial charge is 0.246 e. The number of likely N-dealkylation sites (tertiary alicyclic amines) is 1. The highest BCUT2D eigenvalue weighted by Gasteiger charge is 2.46. The molecule has 134 valence electrons. The van der Waals surface area contributed by atoms with Gasteiger partial charge in [-0.25, -0.2) is 0 Å². The maximum atomic E-state index is 12.5. The number of amides is 2. The quantitative estimate of drug-likeness (QED) is 0.779. The molecule has 2 saturated heterocycles. The van der Waals surface area contributed by atoms with E-state index in [-0.39, 0.29) is 22.6 Å². The summed E-state index contributed by atoms with van der Waals surface area (Å²) in [4.78, 5) is 28.8. The van der Waals surface area contributed by atoms with Gasteiger partial charge < -0.3 is 9.80 Å².